The lowest BCUT2D eigenvalue weighted by Gasteiger charge is -2.06. The first-order valence-electron chi connectivity index (χ1n) is 8.62. The van der Waals surface area contributed by atoms with Gasteiger partial charge in [-0.3, -0.25) is 4.79 Å². The Bertz CT molecular complexity index is 839. The molecular formula is C19H25N5O2. The monoisotopic (exact) mass is 355 g/mol. The average Bonchev–Trinajstić information content (AvgIpc) is 3.05. The van der Waals surface area contributed by atoms with Gasteiger partial charge in [0.05, 0.1) is 6.20 Å². The fraction of sp³-hybridized carbons (Fsp3) is 0.316. The van der Waals surface area contributed by atoms with Crippen LogP contribution >= 0.6 is 0 Å². The van der Waals surface area contributed by atoms with E-state index in [1.807, 2.05) is 30.6 Å². The number of aromatic nitrogens is 3. The molecule has 2 aromatic heterocycles. The molecule has 0 saturated heterocycles. The molecule has 0 spiro atoms. The molecule has 4 N–H and O–H groups in total. The minimum atomic E-state index is -0.833. The first kappa shape index (κ1) is 19.4. The van der Waals surface area contributed by atoms with E-state index in [2.05, 4.69) is 29.5 Å². The van der Waals surface area contributed by atoms with Gasteiger partial charge in [-0.1, -0.05) is 37.6 Å². The molecule has 0 bridgehead atoms. The number of unbranched alkanes of at least 4 members (excludes halogenated alkanes) is 1. The van der Waals surface area contributed by atoms with Crippen molar-refractivity contribution in [3.8, 4) is 11.1 Å². The Labute approximate surface area is 152 Å². The van der Waals surface area contributed by atoms with Gasteiger partial charge in [0.15, 0.2) is 5.65 Å². The Hall–Kier alpha value is -2.93. The largest absolute Gasteiger partial charge is 0.481 e. The maximum absolute atomic E-state index is 9.00. The summed E-state index contributed by atoms with van der Waals surface area (Å²) < 4.78 is 1.80. The molecule has 0 fully saturated rings. The second-order valence-electron chi connectivity index (χ2n) is 5.84. The van der Waals surface area contributed by atoms with Crippen LogP contribution in [0.1, 0.15) is 32.3 Å². The summed E-state index contributed by atoms with van der Waals surface area (Å²) in [5.41, 5.74) is 9.77. The molecule has 138 valence electrons. The number of rotatable bonds is 6. The number of fused-ring (bicyclic) bond motifs is 1. The van der Waals surface area contributed by atoms with E-state index in [1.54, 1.807) is 4.52 Å². The molecule has 0 aliphatic carbocycles. The summed E-state index contributed by atoms with van der Waals surface area (Å²) in [6.45, 7) is 4.76. The highest BCUT2D eigenvalue weighted by atomic mass is 16.4. The number of aliphatic carboxylic acids is 1. The van der Waals surface area contributed by atoms with Crippen LogP contribution in [0.5, 0.6) is 0 Å². The number of hydrogen-bond acceptors (Lipinski definition) is 5. The lowest BCUT2D eigenvalue weighted by Crippen LogP contribution is -2.04. The average molecular weight is 355 g/mol. The summed E-state index contributed by atoms with van der Waals surface area (Å²) in [7, 11) is 0. The van der Waals surface area contributed by atoms with Crippen LogP contribution in [0, 0.1) is 0 Å². The molecule has 0 unspecified atom stereocenters. The van der Waals surface area contributed by atoms with Gasteiger partial charge in [-0.25, -0.2) is 9.50 Å². The zero-order valence-electron chi connectivity index (χ0n) is 15.1. The molecule has 3 rings (SSSR count). The number of nitrogens with one attached hydrogen (secondary N) is 1. The molecule has 26 heavy (non-hydrogen) atoms. The predicted molar refractivity (Wildman–Crippen MR) is 103 cm³/mol. The second kappa shape index (κ2) is 9.53. The fourth-order valence-corrected chi connectivity index (χ4v) is 2.38. The Balaban J connectivity index is 0.000000552. The first-order chi connectivity index (χ1) is 12.5. The number of nitrogens with two attached hydrogens (primary N) is 1. The van der Waals surface area contributed by atoms with Crippen LogP contribution in [-0.2, 0) is 11.3 Å². The summed E-state index contributed by atoms with van der Waals surface area (Å²) in [6, 6.07) is 10.2. The maximum atomic E-state index is 9.00. The standard InChI is InChI=1S/C17H21N5.C2H4O2/c1-2-3-9-19-16-8-10-22-17(21-16)15(12-20-22)14-6-4-13(11-18)5-7-14;1-2(3)4/h4-8,10,12H,2-3,9,11,18H2,1H3,(H,19,21);1H3,(H,3,4). The SMILES string of the molecule is CC(=O)O.CCCCNc1ccn2ncc(-c3ccc(CN)cc3)c2n1. The van der Waals surface area contributed by atoms with Crippen molar-refractivity contribution in [1.29, 1.82) is 0 Å². The molecule has 0 amide bonds. The van der Waals surface area contributed by atoms with Crippen LogP contribution < -0.4 is 11.1 Å². The third-order valence-corrected chi connectivity index (χ3v) is 3.71. The van der Waals surface area contributed by atoms with Gasteiger partial charge < -0.3 is 16.2 Å². The molecule has 2 heterocycles. The van der Waals surface area contributed by atoms with E-state index in [0.29, 0.717) is 6.54 Å². The summed E-state index contributed by atoms with van der Waals surface area (Å²) in [5.74, 6) is 0.0567. The highest BCUT2D eigenvalue weighted by Gasteiger charge is 2.08. The molecule has 1 aromatic carbocycles. The Kier molecular flexibility index (Phi) is 7.11. The van der Waals surface area contributed by atoms with Gasteiger partial charge in [-0.2, -0.15) is 5.10 Å². The normalized spacial score (nSPS) is 10.3. The minimum Gasteiger partial charge on any atom is -0.481 e. The highest BCUT2D eigenvalue weighted by Crippen LogP contribution is 2.24. The molecule has 7 nitrogen and oxygen atoms in total. The van der Waals surface area contributed by atoms with E-state index in [-0.39, 0.29) is 0 Å². The van der Waals surface area contributed by atoms with Gasteiger partial charge in [0.1, 0.15) is 5.82 Å². The van der Waals surface area contributed by atoms with Crippen LogP contribution in [0.4, 0.5) is 5.82 Å². The van der Waals surface area contributed by atoms with Crippen LogP contribution in [0.2, 0.25) is 0 Å². The topological polar surface area (TPSA) is 106 Å². The van der Waals surface area contributed by atoms with E-state index >= 15 is 0 Å². The molecular weight excluding hydrogens is 330 g/mol. The first-order valence-corrected chi connectivity index (χ1v) is 8.62. The third kappa shape index (κ3) is 5.29. The lowest BCUT2D eigenvalue weighted by atomic mass is 10.1. The van der Waals surface area contributed by atoms with Gasteiger partial charge >= 0.3 is 0 Å². The van der Waals surface area contributed by atoms with E-state index in [9.17, 15) is 0 Å². The molecule has 0 atom stereocenters. The predicted octanol–water partition coefficient (Wildman–Crippen LogP) is 3.16. The molecule has 0 saturated carbocycles. The summed E-state index contributed by atoms with van der Waals surface area (Å²) in [5, 5.41) is 15.1. The summed E-state index contributed by atoms with van der Waals surface area (Å²) >= 11 is 0. The van der Waals surface area contributed by atoms with E-state index in [1.165, 1.54) is 6.42 Å². The fourth-order valence-electron chi connectivity index (χ4n) is 2.38. The van der Waals surface area contributed by atoms with Crippen molar-refractivity contribution in [2.75, 3.05) is 11.9 Å². The Morgan fingerprint density at radius 3 is 2.58 bits per heavy atom. The molecule has 0 radical (unpaired) electrons. The number of carbonyl (C=O) groups is 1. The van der Waals surface area contributed by atoms with Crippen molar-refractivity contribution in [2.24, 2.45) is 5.73 Å². The van der Waals surface area contributed by atoms with Crippen LogP contribution in [-0.4, -0.2) is 32.2 Å². The van der Waals surface area contributed by atoms with Crippen molar-refractivity contribution in [2.45, 2.75) is 33.2 Å². The molecule has 0 aliphatic rings. The zero-order chi connectivity index (χ0) is 18.9. The van der Waals surface area contributed by atoms with E-state index in [0.717, 1.165) is 48.0 Å². The number of hydrogen-bond donors (Lipinski definition) is 3. The van der Waals surface area contributed by atoms with Crippen molar-refractivity contribution >= 4 is 17.4 Å². The number of nitrogens with zero attached hydrogens (tertiary/aromatic N) is 3. The molecule has 3 aromatic rings. The summed E-state index contributed by atoms with van der Waals surface area (Å²) in [4.78, 5) is 13.7. The van der Waals surface area contributed by atoms with Gasteiger partial charge in [0, 0.05) is 31.8 Å². The van der Waals surface area contributed by atoms with Crippen molar-refractivity contribution in [1.82, 2.24) is 14.6 Å². The molecule has 0 aliphatic heterocycles. The smallest absolute Gasteiger partial charge is 0.300 e. The Morgan fingerprint density at radius 2 is 1.96 bits per heavy atom. The molecule has 7 heteroatoms. The minimum absolute atomic E-state index is 0.554. The number of carboxylic acid groups (broad SMARTS) is 1. The summed E-state index contributed by atoms with van der Waals surface area (Å²) in [6.07, 6.45) is 6.10. The highest BCUT2D eigenvalue weighted by molar-refractivity contribution is 5.77. The van der Waals surface area contributed by atoms with E-state index in [4.69, 9.17) is 20.6 Å². The zero-order valence-corrected chi connectivity index (χ0v) is 15.1. The van der Waals surface area contributed by atoms with Crippen molar-refractivity contribution < 1.29 is 9.90 Å². The van der Waals surface area contributed by atoms with Gasteiger partial charge in [0.2, 0.25) is 0 Å². The van der Waals surface area contributed by atoms with Crippen LogP contribution in [0.3, 0.4) is 0 Å². The van der Waals surface area contributed by atoms with Crippen LogP contribution in [0.25, 0.3) is 16.8 Å². The van der Waals surface area contributed by atoms with Crippen molar-refractivity contribution in [3.63, 3.8) is 0 Å². The Morgan fingerprint density at radius 1 is 1.27 bits per heavy atom. The third-order valence-electron chi connectivity index (χ3n) is 3.71. The quantitative estimate of drug-likeness (QED) is 0.587. The number of benzene rings is 1. The number of anilines is 1. The van der Waals surface area contributed by atoms with Gasteiger partial charge in [-0.05, 0) is 23.6 Å². The van der Waals surface area contributed by atoms with Gasteiger partial charge in [0.25, 0.3) is 5.97 Å². The number of carboxylic acids is 1. The lowest BCUT2D eigenvalue weighted by molar-refractivity contribution is -0.134. The van der Waals surface area contributed by atoms with E-state index < -0.39 is 5.97 Å². The second-order valence-corrected chi connectivity index (χ2v) is 5.84. The maximum Gasteiger partial charge on any atom is 0.300 e. The van der Waals surface area contributed by atoms with Crippen molar-refractivity contribution in [3.05, 3.63) is 48.3 Å². The van der Waals surface area contributed by atoms with Gasteiger partial charge in [-0.15, -0.1) is 0 Å². The van der Waals surface area contributed by atoms with Crippen LogP contribution in [0.15, 0.2) is 42.7 Å².